The molecule has 3 amide bonds. The van der Waals surface area contributed by atoms with Crippen molar-refractivity contribution in [3.63, 3.8) is 0 Å². The fourth-order valence-electron chi connectivity index (χ4n) is 6.72. The molecule has 3 aromatic carbocycles. The Labute approximate surface area is 263 Å². The van der Waals surface area contributed by atoms with Gasteiger partial charge in [-0.3, -0.25) is 14.5 Å². The van der Waals surface area contributed by atoms with Crippen molar-refractivity contribution in [3.8, 4) is 0 Å². The van der Waals surface area contributed by atoms with Crippen molar-refractivity contribution in [2.24, 2.45) is 0 Å². The van der Waals surface area contributed by atoms with Crippen LogP contribution in [0.5, 0.6) is 0 Å². The second-order valence-corrected chi connectivity index (χ2v) is 11.8. The van der Waals surface area contributed by atoms with E-state index in [1.165, 1.54) is 4.90 Å². The molecule has 2 heterocycles. The Balaban J connectivity index is 1.09. The quantitative estimate of drug-likeness (QED) is 0.388. The molecule has 6 rings (SSSR count). The largest absolute Gasteiger partial charge is 0.448 e. The molecule has 2 unspecified atom stereocenters. The van der Waals surface area contributed by atoms with Crippen LogP contribution in [0.2, 0.25) is 0 Å². The van der Waals surface area contributed by atoms with E-state index in [9.17, 15) is 14.4 Å². The molecule has 1 saturated heterocycles. The number of benzene rings is 3. The van der Waals surface area contributed by atoms with Crippen molar-refractivity contribution < 1.29 is 19.1 Å². The average molecular weight is 606 g/mol. The number of fused-ring (bicyclic) bond motifs is 2. The summed E-state index contributed by atoms with van der Waals surface area (Å²) in [5.74, 6) is -0.616. The number of carbonyl (C=O) groups is 3. The van der Waals surface area contributed by atoms with E-state index in [2.05, 4.69) is 28.9 Å². The average Bonchev–Trinajstić information content (AvgIpc) is 3.35. The van der Waals surface area contributed by atoms with Gasteiger partial charge in [0.1, 0.15) is 12.6 Å². The van der Waals surface area contributed by atoms with Crippen molar-refractivity contribution in [1.82, 2.24) is 15.1 Å². The number of hydrogen-bond donors (Lipinski definition) is 2. The minimum absolute atomic E-state index is 0.0843. The van der Waals surface area contributed by atoms with Crippen molar-refractivity contribution in [2.75, 3.05) is 50.0 Å². The highest BCUT2D eigenvalue weighted by Crippen LogP contribution is 2.42. The van der Waals surface area contributed by atoms with E-state index in [1.807, 2.05) is 73.7 Å². The number of rotatable bonds is 7. The number of nitrogen functional groups attached to an aromatic ring is 1. The van der Waals surface area contributed by atoms with Gasteiger partial charge in [0.05, 0.1) is 24.5 Å². The van der Waals surface area contributed by atoms with Crippen molar-refractivity contribution >= 4 is 34.9 Å². The first-order valence-corrected chi connectivity index (χ1v) is 15.4. The second kappa shape index (κ2) is 12.9. The Kier molecular flexibility index (Phi) is 8.60. The third kappa shape index (κ3) is 6.02. The van der Waals surface area contributed by atoms with E-state index >= 15 is 0 Å². The SMILES string of the molecule is C=CC1=C(C)C(COC(=O)N2Cc3ccccc3CC2C(=O)NCC(=O)N2CCN(c3ccccc3N)CC2)c2ccccc21. The Morgan fingerprint density at radius 1 is 0.956 bits per heavy atom. The fraction of sp³-hybridized carbons (Fsp3) is 0.306. The molecule has 1 aliphatic carbocycles. The fourth-order valence-corrected chi connectivity index (χ4v) is 6.72. The molecule has 3 N–H and O–H groups in total. The van der Waals surface area contributed by atoms with E-state index in [4.69, 9.17) is 10.5 Å². The molecule has 45 heavy (non-hydrogen) atoms. The standard InChI is InChI=1S/C36H39N5O4/c1-3-27-24(2)30(29-13-7-6-12-28(27)29)23-45-36(44)41-22-26-11-5-4-10-25(26)20-33(41)35(43)38-21-34(42)40-18-16-39(17-19-40)32-15-9-8-14-31(32)37/h3-15,30,33H,1,16-23,37H2,2H3,(H,38,43). The minimum atomic E-state index is -0.797. The lowest BCUT2D eigenvalue weighted by molar-refractivity contribution is -0.134. The summed E-state index contributed by atoms with van der Waals surface area (Å²) >= 11 is 0. The minimum Gasteiger partial charge on any atom is -0.448 e. The number of nitrogens with one attached hydrogen (secondary N) is 1. The van der Waals surface area contributed by atoms with Gasteiger partial charge in [-0.25, -0.2) is 4.79 Å². The van der Waals surface area contributed by atoms with Gasteiger partial charge in [0.15, 0.2) is 0 Å². The summed E-state index contributed by atoms with van der Waals surface area (Å²) in [5.41, 5.74) is 14.2. The van der Waals surface area contributed by atoms with Gasteiger partial charge < -0.3 is 25.6 Å². The summed E-state index contributed by atoms with van der Waals surface area (Å²) in [5, 5.41) is 2.82. The van der Waals surface area contributed by atoms with Crippen molar-refractivity contribution in [3.05, 3.63) is 113 Å². The van der Waals surface area contributed by atoms with Crippen LogP contribution < -0.4 is 16.0 Å². The highest BCUT2D eigenvalue weighted by atomic mass is 16.6. The monoisotopic (exact) mass is 605 g/mol. The van der Waals surface area contributed by atoms with Gasteiger partial charge in [-0.15, -0.1) is 0 Å². The van der Waals surface area contributed by atoms with Crippen LogP contribution in [-0.4, -0.2) is 73.1 Å². The zero-order valence-electron chi connectivity index (χ0n) is 25.6. The van der Waals surface area contributed by atoms with Crippen LogP contribution in [0, 0.1) is 0 Å². The number of piperazine rings is 1. The molecule has 0 bridgehead atoms. The van der Waals surface area contributed by atoms with E-state index in [0.29, 0.717) is 38.3 Å². The molecule has 2 aliphatic heterocycles. The lowest BCUT2D eigenvalue weighted by atomic mass is 9.94. The third-order valence-corrected chi connectivity index (χ3v) is 9.26. The third-order valence-electron chi connectivity index (χ3n) is 9.26. The number of carbonyl (C=O) groups excluding carboxylic acids is 3. The van der Waals surface area contributed by atoms with Crippen LogP contribution in [0.4, 0.5) is 16.2 Å². The van der Waals surface area contributed by atoms with Crippen LogP contribution in [0.25, 0.3) is 5.57 Å². The molecule has 3 aliphatic rings. The van der Waals surface area contributed by atoms with Gasteiger partial charge in [0.2, 0.25) is 11.8 Å². The number of amides is 3. The number of allylic oxidation sites excluding steroid dienone is 2. The molecular weight excluding hydrogens is 566 g/mol. The summed E-state index contributed by atoms with van der Waals surface area (Å²) in [4.78, 5) is 45.7. The normalized spacial score (nSPS) is 19.1. The maximum atomic E-state index is 13.6. The van der Waals surface area contributed by atoms with E-state index < -0.39 is 12.1 Å². The maximum absolute atomic E-state index is 13.6. The van der Waals surface area contributed by atoms with Crippen LogP contribution in [0.15, 0.2) is 91.0 Å². The summed E-state index contributed by atoms with van der Waals surface area (Å²) < 4.78 is 5.91. The predicted molar refractivity (Wildman–Crippen MR) is 175 cm³/mol. The molecule has 3 aromatic rings. The first kappa shape index (κ1) is 30.0. The number of nitrogens with zero attached hydrogens (tertiary/aromatic N) is 3. The number of para-hydroxylation sites is 2. The highest BCUT2D eigenvalue weighted by Gasteiger charge is 2.37. The Morgan fingerprint density at radius 3 is 2.40 bits per heavy atom. The Bertz CT molecular complexity index is 1660. The Hall–Kier alpha value is -5.05. The first-order valence-electron chi connectivity index (χ1n) is 15.4. The first-order chi connectivity index (χ1) is 21.9. The lowest BCUT2D eigenvalue weighted by Gasteiger charge is -2.37. The van der Waals surface area contributed by atoms with Crippen LogP contribution >= 0.6 is 0 Å². The van der Waals surface area contributed by atoms with Crippen LogP contribution in [0.1, 0.15) is 35.1 Å². The topological polar surface area (TPSA) is 108 Å². The predicted octanol–water partition coefficient (Wildman–Crippen LogP) is 4.35. The number of nitrogens with two attached hydrogens (primary N) is 1. The molecule has 2 atom stereocenters. The van der Waals surface area contributed by atoms with E-state index in [1.54, 1.807) is 4.90 Å². The lowest BCUT2D eigenvalue weighted by Crippen LogP contribution is -2.55. The second-order valence-electron chi connectivity index (χ2n) is 11.8. The smallest absolute Gasteiger partial charge is 0.410 e. The number of hydrogen-bond acceptors (Lipinski definition) is 6. The maximum Gasteiger partial charge on any atom is 0.410 e. The zero-order valence-corrected chi connectivity index (χ0v) is 25.6. The number of anilines is 2. The molecule has 0 radical (unpaired) electrons. The van der Waals surface area contributed by atoms with E-state index in [-0.39, 0.29) is 37.4 Å². The van der Waals surface area contributed by atoms with Gasteiger partial charge >= 0.3 is 6.09 Å². The molecule has 1 fully saturated rings. The molecule has 0 aromatic heterocycles. The van der Waals surface area contributed by atoms with Crippen LogP contribution in [-0.2, 0) is 27.3 Å². The van der Waals surface area contributed by atoms with Gasteiger partial charge in [-0.05, 0) is 46.9 Å². The Morgan fingerprint density at radius 2 is 1.64 bits per heavy atom. The summed E-state index contributed by atoms with van der Waals surface area (Å²) in [6, 6.07) is 22.8. The van der Waals surface area contributed by atoms with Crippen LogP contribution in [0.3, 0.4) is 0 Å². The van der Waals surface area contributed by atoms with Gasteiger partial charge in [-0.1, -0.05) is 78.9 Å². The van der Waals surface area contributed by atoms with Crippen molar-refractivity contribution in [2.45, 2.75) is 31.8 Å². The number of ether oxygens (including phenoxy) is 1. The summed E-state index contributed by atoms with van der Waals surface area (Å²) in [6.07, 6.45) is 1.64. The molecule has 9 heteroatoms. The molecular formula is C36H39N5O4. The van der Waals surface area contributed by atoms with E-state index in [0.717, 1.165) is 39.1 Å². The van der Waals surface area contributed by atoms with Gasteiger partial charge in [-0.2, -0.15) is 0 Å². The molecule has 0 saturated carbocycles. The summed E-state index contributed by atoms with van der Waals surface area (Å²) in [7, 11) is 0. The van der Waals surface area contributed by atoms with Crippen molar-refractivity contribution in [1.29, 1.82) is 0 Å². The van der Waals surface area contributed by atoms with Gasteiger partial charge in [0.25, 0.3) is 0 Å². The molecule has 9 nitrogen and oxygen atoms in total. The zero-order chi connectivity index (χ0) is 31.5. The van der Waals surface area contributed by atoms with Gasteiger partial charge in [0, 0.05) is 38.5 Å². The molecule has 232 valence electrons. The molecule has 0 spiro atoms. The highest BCUT2D eigenvalue weighted by molar-refractivity contribution is 5.90. The summed E-state index contributed by atoms with van der Waals surface area (Å²) in [6.45, 7) is 8.65.